The van der Waals surface area contributed by atoms with Gasteiger partial charge < -0.3 is 9.40 Å². The number of rotatable bonds is 5. The molecule has 0 aliphatic rings. The molecule has 0 fully saturated rings. The molecule has 113 valence electrons. The molecule has 0 atom stereocenters. The van der Waals surface area contributed by atoms with Crippen molar-refractivity contribution in [1.82, 2.24) is 15.0 Å². The average Bonchev–Trinajstić information content (AvgIpc) is 3.12. The van der Waals surface area contributed by atoms with E-state index in [0.717, 1.165) is 42.1 Å². The lowest BCUT2D eigenvalue weighted by atomic mass is 10.1. The van der Waals surface area contributed by atoms with Gasteiger partial charge >= 0.3 is 0 Å². The number of hydrogen-bond acceptors (Lipinski definition) is 3. The van der Waals surface area contributed by atoms with Crippen LogP contribution in [0.2, 0.25) is 5.02 Å². The maximum absolute atomic E-state index is 5.96. The molecule has 3 rings (SSSR count). The second-order valence-corrected chi connectivity index (χ2v) is 5.56. The van der Waals surface area contributed by atoms with Gasteiger partial charge in [0.1, 0.15) is 23.0 Å². The molecule has 0 aliphatic carbocycles. The fourth-order valence-corrected chi connectivity index (χ4v) is 2.40. The minimum atomic E-state index is 0.536. The van der Waals surface area contributed by atoms with Gasteiger partial charge in [0.15, 0.2) is 0 Å². The van der Waals surface area contributed by atoms with Crippen molar-refractivity contribution in [2.45, 2.75) is 26.2 Å². The van der Waals surface area contributed by atoms with Crippen molar-refractivity contribution in [2.24, 2.45) is 0 Å². The molecule has 2 aromatic heterocycles. The predicted octanol–water partition coefficient (Wildman–Crippen LogP) is 4.85. The van der Waals surface area contributed by atoms with Crippen LogP contribution in [0.15, 0.2) is 34.9 Å². The van der Waals surface area contributed by atoms with E-state index in [2.05, 4.69) is 21.9 Å². The van der Waals surface area contributed by atoms with Crippen LogP contribution in [-0.4, -0.2) is 15.0 Å². The highest BCUT2D eigenvalue weighted by Crippen LogP contribution is 2.30. The van der Waals surface area contributed by atoms with Crippen molar-refractivity contribution in [3.8, 4) is 22.8 Å². The highest BCUT2D eigenvalue weighted by atomic mass is 35.5. The van der Waals surface area contributed by atoms with E-state index in [0.29, 0.717) is 16.6 Å². The molecule has 0 aliphatic heterocycles. The van der Waals surface area contributed by atoms with Gasteiger partial charge in [0.2, 0.25) is 5.89 Å². The number of aryl methyl sites for hydroxylation is 2. The Morgan fingerprint density at radius 1 is 1.23 bits per heavy atom. The normalized spacial score (nSPS) is 11.0. The SMILES string of the molecule is [CH2]CCCc1oc(-c2c[nH]c(C)n2)nc1-c1ccc(Cl)cc1. The number of imidazole rings is 1. The molecule has 0 spiro atoms. The van der Waals surface area contributed by atoms with Crippen LogP contribution in [0.5, 0.6) is 0 Å². The van der Waals surface area contributed by atoms with Crippen LogP contribution in [-0.2, 0) is 6.42 Å². The highest BCUT2D eigenvalue weighted by molar-refractivity contribution is 6.30. The van der Waals surface area contributed by atoms with Crippen molar-refractivity contribution >= 4 is 11.6 Å². The summed E-state index contributed by atoms with van der Waals surface area (Å²) < 4.78 is 5.95. The fourth-order valence-electron chi connectivity index (χ4n) is 2.28. The molecule has 0 amide bonds. The molecule has 0 bridgehead atoms. The first-order valence-electron chi connectivity index (χ1n) is 7.24. The first-order valence-corrected chi connectivity index (χ1v) is 7.62. The van der Waals surface area contributed by atoms with Gasteiger partial charge in [-0.1, -0.05) is 37.1 Å². The Hall–Kier alpha value is -2.07. The topological polar surface area (TPSA) is 54.7 Å². The first kappa shape index (κ1) is 14.9. The molecule has 22 heavy (non-hydrogen) atoms. The number of nitrogens with one attached hydrogen (secondary N) is 1. The van der Waals surface area contributed by atoms with E-state index in [1.165, 1.54) is 0 Å². The number of hydrogen-bond donors (Lipinski definition) is 1. The average molecular weight is 315 g/mol. The molecule has 0 unspecified atom stereocenters. The minimum absolute atomic E-state index is 0.536. The number of benzene rings is 1. The van der Waals surface area contributed by atoms with Crippen LogP contribution in [0.1, 0.15) is 24.4 Å². The van der Waals surface area contributed by atoms with E-state index in [9.17, 15) is 0 Å². The Morgan fingerprint density at radius 3 is 2.64 bits per heavy atom. The molecule has 2 heterocycles. The minimum Gasteiger partial charge on any atom is -0.439 e. The third-order valence-corrected chi connectivity index (χ3v) is 3.65. The van der Waals surface area contributed by atoms with Crippen LogP contribution in [0, 0.1) is 13.8 Å². The first-order chi connectivity index (χ1) is 10.7. The largest absolute Gasteiger partial charge is 0.439 e. The van der Waals surface area contributed by atoms with E-state index in [1.54, 1.807) is 6.20 Å². The summed E-state index contributed by atoms with van der Waals surface area (Å²) in [6.07, 6.45) is 4.42. The zero-order valence-corrected chi connectivity index (χ0v) is 13.2. The van der Waals surface area contributed by atoms with Crippen molar-refractivity contribution in [3.63, 3.8) is 0 Å². The molecule has 1 radical (unpaired) electrons. The van der Waals surface area contributed by atoms with E-state index in [-0.39, 0.29) is 0 Å². The maximum atomic E-state index is 5.96. The molecule has 0 saturated carbocycles. The van der Waals surface area contributed by atoms with Gasteiger partial charge in [-0.3, -0.25) is 0 Å². The summed E-state index contributed by atoms with van der Waals surface area (Å²) in [5.41, 5.74) is 2.56. The van der Waals surface area contributed by atoms with E-state index in [1.807, 2.05) is 31.2 Å². The quantitative estimate of drug-likeness (QED) is 0.732. The third-order valence-electron chi connectivity index (χ3n) is 3.39. The van der Waals surface area contributed by atoms with Crippen LogP contribution in [0.25, 0.3) is 22.8 Å². The summed E-state index contributed by atoms with van der Waals surface area (Å²) in [6, 6.07) is 7.62. The Bertz CT molecular complexity index is 759. The lowest BCUT2D eigenvalue weighted by molar-refractivity contribution is 0.510. The van der Waals surface area contributed by atoms with Crippen LogP contribution in [0.3, 0.4) is 0 Å². The van der Waals surface area contributed by atoms with E-state index < -0.39 is 0 Å². The standard InChI is InChI=1S/C17H17ClN3O/c1-3-4-5-15-16(12-6-8-13(18)9-7-12)21-17(22-15)14-10-19-11(2)20-14/h6-10H,1,3-5H2,2H3,(H,19,20). The highest BCUT2D eigenvalue weighted by Gasteiger charge is 2.17. The number of H-pyrrole nitrogens is 1. The van der Waals surface area contributed by atoms with Gasteiger partial charge in [-0.25, -0.2) is 9.97 Å². The lowest BCUT2D eigenvalue weighted by Crippen LogP contribution is -1.87. The summed E-state index contributed by atoms with van der Waals surface area (Å²) in [5.74, 6) is 2.23. The van der Waals surface area contributed by atoms with Crippen molar-refractivity contribution < 1.29 is 4.42 Å². The monoisotopic (exact) mass is 314 g/mol. The summed E-state index contributed by atoms with van der Waals surface area (Å²) in [5, 5.41) is 0.703. The fraction of sp³-hybridized carbons (Fsp3) is 0.235. The van der Waals surface area contributed by atoms with Gasteiger partial charge in [0.25, 0.3) is 0 Å². The number of aromatic amines is 1. The van der Waals surface area contributed by atoms with Crippen LogP contribution >= 0.6 is 11.6 Å². The van der Waals surface area contributed by atoms with Crippen LogP contribution in [0.4, 0.5) is 0 Å². The molecular weight excluding hydrogens is 298 g/mol. The van der Waals surface area contributed by atoms with Gasteiger partial charge in [-0.15, -0.1) is 0 Å². The summed E-state index contributed by atoms with van der Waals surface area (Å²) in [7, 11) is 0. The number of oxazole rings is 1. The second-order valence-electron chi connectivity index (χ2n) is 5.13. The van der Waals surface area contributed by atoms with Crippen molar-refractivity contribution in [2.75, 3.05) is 0 Å². The Balaban J connectivity index is 2.02. The molecule has 1 N–H and O–H groups in total. The van der Waals surface area contributed by atoms with E-state index in [4.69, 9.17) is 16.0 Å². The molecular formula is C17H17ClN3O. The molecule has 5 heteroatoms. The van der Waals surface area contributed by atoms with Gasteiger partial charge in [-0.05, 0) is 25.5 Å². The summed E-state index contributed by atoms with van der Waals surface area (Å²) in [4.78, 5) is 12.1. The van der Waals surface area contributed by atoms with Gasteiger partial charge in [-0.2, -0.15) is 0 Å². The Kier molecular flexibility index (Phi) is 4.29. The third kappa shape index (κ3) is 3.07. The second kappa shape index (κ2) is 6.36. The van der Waals surface area contributed by atoms with Gasteiger partial charge in [0.05, 0.1) is 0 Å². The molecule has 0 saturated heterocycles. The Morgan fingerprint density at radius 2 is 2.00 bits per heavy atom. The van der Waals surface area contributed by atoms with Crippen molar-refractivity contribution in [3.05, 3.63) is 54.0 Å². The number of aromatic nitrogens is 3. The zero-order chi connectivity index (χ0) is 15.5. The Labute approximate surface area is 134 Å². The summed E-state index contributed by atoms with van der Waals surface area (Å²) in [6.45, 7) is 5.79. The van der Waals surface area contributed by atoms with Gasteiger partial charge in [0, 0.05) is 23.2 Å². The number of nitrogens with zero attached hydrogens (tertiary/aromatic N) is 2. The summed E-state index contributed by atoms with van der Waals surface area (Å²) >= 11 is 5.96. The molecule has 1 aromatic carbocycles. The maximum Gasteiger partial charge on any atom is 0.247 e. The predicted molar refractivity (Wildman–Crippen MR) is 87.6 cm³/mol. The number of halogens is 1. The lowest BCUT2D eigenvalue weighted by Gasteiger charge is -2.00. The number of unbranched alkanes of at least 4 members (excludes halogenated alkanes) is 1. The van der Waals surface area contributed by atoms with Crippen molar-refractivity contribution in [1.29, 1.82) is 0 Å². The van der Waals surface area contributed by atoms with Crippen LogP contribution < -0.4 is 0 Å². The smallest absolute Gasteiger partial charge is 0.247 e. The molecule has 4 nitrogen and oxygen atoms in total. The zero-order valence-electron chi connectivity index (χ0n) is 12.4. The van der Waals surface area contributed by atoms with E-state index >= 15 is 0 Å². The molecule has 3 aromatic rings.